The summed E-state index contributed by atoms with van der Waals surface area (Å²) in [6, 6.07) is 9.02. The van der Waals surface area contributed by atoms with Crippen molar-refractivity contribution < 1.29 is 4.39 Å². The molecule has 1 aliphatic heterocycles. The summed E-state index contributed by atoms with van der Waals surface area (Å²) in [6.07, 6.45) is 5.63. The lowest BCUT2D eigenvalue weighted by atomic mass is 10.1. The number of nitrogens with one attached hydrogen (secondary N) is 1. The van der Waals surface area contributed by atoms with E-state index in [0.29, 0.717) is 29.9 Å². The summed E-state index contributed by atoms with van der Waals surface area (Å²) in [5.74, 6) is -0.201. The molecule has 0 bridgehead atoms. The first kappa shape index (κ1) is 41.5. The zero-order chi connectivity index (χ0) is 34.5. The highest BCUT2D eigenvalue weighted by atomic mass is 19.1. The molecule has 252 valence electrons. The molecular formula is C36H60FN7O. The van der Waals surface area contributed by atoms with Crippen molar-refractivity contribution >= 4 is 28.4 Å². The molecule has 2 aromatic heterocycles. The van der Waals surface area contributed by atoms with Gasteiger partial charge < -0.3 is 10.2 Å². The number of piperazine rings is 1. The standard InChI is InChI=1S/C26H32FN7O.C4H10.3C2H6/c1-5-20(6-2)34-24-19(13-18(15-28)25(34)35)16-29-26(31-24)30-23-8-7-21(14-22(23)27)33-11-9-32(10-12-33)17(3)4;1-3-4-2;3*1-2/h7-8,13-14,16-17,20H,5-6,9-12H2,1-4H3,(H,29,30,31);3-4H2,1-2H3;3*1-2H3. The number of nitrogens with zero attached hydrogens (tertiary/aromatic N) is 6. The van der Waals surface area contributed by atoms with Gasteiger partial charge in [0.25, 0.3) is 5.56 Å². The number of unbranched alkanes of at least 4 members (excludes halogenated alkanes) is 1. The van der Waals surface area contributed by atoms with E-state index in [1.54, 1.807) is 16.8 Å². The fourth-order valence-corrected chi connectivity index (χ4v) is 4.67. The van der Waals surface area contributed by atoms with Gasteiger partial charge in [-0.15, -0.1) is 0 Å². The SMILES string of the molecule is CC.CC.CC.CCC(CC)n1c(=O)c(C#N)cc2cnc(Nc3ccc(N4CCN(C(C)C)CC4)cc3F)nc21.CCCC. The molecule has 1 aliphatic rings. The van der Waals surface area contributed by atoms with Gasteiger partial charge in [-0.1, -0.05) is 82.1 Å². The van der Waals surface area contributed by atoms with Crippen molar-refractivity contribution in [2.24, 2.45) is 0 Å². The number of aromatic nitrogens is 3. The van der Waals surface area contributed by atoms with Gasteiger partial charge in [0.2, 0.25) is 5.95 Å². The smallest absolute Gasteiger partial charge is 0.270 e. The summed E-state index contributed by atoms with van der Waals surface area (Å²) < 4.78 is 16.6. The second-order valence-electron chi connectivity index (χ2n) is 10.2. The zero-order valence-electron chi connectivity index (χ0n) is 30.2. The van der Waals surface area contributed by atoms with Gasteiger partial charge in [0, 0.05) is 55.5 Å². The number of fused-ring (bicyclic) bond motifs is 1. The fourth-order valence-electron chi connectivity index (χ4n) is 4.67. The first-order chi connectivity index (χ1) is 21.8. The van der Waals surface area contributed by atoms with E-state index in [1.165, 1.54) is 25.0 Å². The summed E-state index contributed by atoms with van der Waals surface area (Å²) in [4.78, 5) is 26.4. The van der Waals surface area contributed by atoms with Crippen molar-refractivity contribution in [3.63, 3.8) is 0 Å². The Bertz CT molecular complexity index is 1340. The van der Waals surface area contributed by atoms with Crippen molar-refractivity contribution in [3.8, 4) is 6.07 Å². The van der Waals surface area contributed by atoms with Gasteiger partial charge in [-0.25, -0.2) is 9.37 Å². The van der Waals surface area contributed by atoms with Gasteiger partial charge in [-0.2, -0.15) is 10.2 Å². The highest BCUT2D eigenvalue weighted by Crippen LogP contribution is 2.26. The number of benzene rings is 1. The van der Waals surface area contributed by atoms with Gasteiger partial charge >= 0.3 is 0 Å². The lowest BCUT2D eigenvalue weighted by molar-refractivity contribution is 0.209. The van der Waals surface area contributed by atoms with Gasteiger partial charge in [-0.3, -0.25) is 14.3 Å². The Balaban J connectivity index is 0.00000173. The van der Waals surface area contributed by atoms with Crippen LogP contribution >= 0.6 is 0 Å². The number of hydrogen-bond donors (Lipinski definition) is 1. The summed E-state index contributed by atoms with van der Waals surface area (Å²) in [6.45, 7) is 28.4. The Morgan fingerprint density at radius 3 is 1.98 bits per heavy atom. The molecule has 1 aromatic carbocycles. The molecule has 8 nitrogen and oxygen atoms in total. The minimum atomic E-state index is -0.394. The third kappa shape index (κ3) is 11.7. The van der Waals surface area contributed by atoms with Crippen LogP contribution < -0.4 is 15.8 Å². The molecule has 1 N–H and O–H groups in total. The van der Waals surface area contributed by atoms with Crippen LogP contribution in [0.1, 0.15) is 120 Å². The van der Waals surface area contributed by atoms with Crippen molar-refractivity contribution in [1.82, 2.24) is 19.4 Å². The van der Waals surface area contributed by atoms with Crippen molar-refractivity contribution in [2.45, 2.75) is 121 Å². The van der Waals surface area contributed by atoms with Crippen molar-refractivity contribution in [1.29, 1.82) is 5.26 Å². The second kappa shape index (κ2) is 22.9. The van der Waals surface area contributed by atoms with E-state index in [0.717, 1.165) is 31.9 Å². The summed E-state index contributed by atoms with van der Waals surface area (Å²) >= 11 is 0. The number of halogens is 1. The number of rotatable bonds is 8. The summed E-state index contributed by atoms with van der Waals surface area (Å²) in [7, 11) is 0. The summed E-state index contributed by atoms with van der Waals surface area (Å²) in [5.41, 5.74) is 1.23. The lowest BCUT2D eigenvalue weighted by Crippen LogP contribution is -2.48. The molecule has 4 rings (SSSR count). The van der Waals surface area contributed by atoms with Crippen LogP contribution in [-0.2, 0) is 0 Å². The third-order valence-electron chi connectivity index (χ3n) is 7.31. The van der Waals surface area contributed by atoms with Crippen LogP contribution in [0.3, 0.4) is 0 Å². The van der Waals surface area contributed by atoms with E-state index >= 15 is 4.39 Å². The molecule has 0 saturated carbocycles. The normalized spacial score (nSPS) is 12.4. The van der Waals surface area contributed by atoms with Crippen molar-refractivity contribution in [3.05, 3.63) is 52.2 Å². The van der Waals surface area contributed by atoms with E-state index in [1.807, 2.05) is 67.5 Å². The van der Waals surface area contributed by atoms with Gasteiger partial charge in [0.15, 0.2) is 0 Å². The predicted octanol–water partition coefficient (Wildman–Crippen LogP) is 9.32. The van der Waals surface area contributed by atoms with Crippen LogP contribution in [-0.4, -0.2) is 51.7 Å². The lowest BCUT2D eigenvalue weighted by Gasteiger charge is -2.38. The van der Waals surface area contributed by atoms with Crippen LogP contribution in [0.5, 0.6) is 0 Å². The van der Waals surface area contributed by atoms with Crippen LogP contribution in [0.2, 0.25) is 0 Å². The molecular weight excluding hydrogens is 565 g/mol. The molecule has 0 unspecified atom stereocenters. The van der Waals surface area contributed by atoms with Crippen LogP contribution in [0.15, 0.2) is 35.3 Å². The maximum atomic E-state index is 15.0. The van der Waals surface area contributed by atoms with Crippen molar-refractivity contribution in [2.75, 3.05) is 36.4 Å². The summed E-state index contributed by atoms with van der Waals surface area (Å²) in [5, 5.41) is 13.0. The molecule has 0 aliphatic carbocycles. The van der Waals surface area contributed by atoms with Crippen LogP contribution in [0.25, 0.3) is 11.0 Å². The monoisotopic (exact) mass is 625 g/mol. The van der Waals surface area contributed by atoms with Crippen LogP contribution in [0, 0.1) is 17.1 Å². The molecule has 3 aromatic rings. The second-order valence-corrected chi connectivity index (χ2v) is 10.2. The highest BCUT2D eigenvalue weighted by molar-refractivity contribution is 5.77. The number of nitriles is 1. The van der Waals surface area contributed by atoms with Gasteiger partial charge in [-0.05, 0) is 51.0 Å². The zero-order valence-corrected chi connectivity index (χ0v) is 30.2. The largest absolute Gasteiger partial charge is 0.369 e. The number of anilines is 3. The van der Waals surface area contributed by atoms with E-state index in [-0.39, 0.29) is 28.8 Å². The van der Waals surface area contributed by atoms with E-state index in [4.69, 9.17) is 0 Å². The van der Waals surface area contributed by atoms with Crippen LogP contribution in [0.4, 0.5) is 21.7 Å². The predicted molar refractivity (Wildman–Crippen MR) is 191 cm³/mol. The average molecular weight is 626 g/mol. The number of pyridine rings is 1. The molecule has 0 radical (unpaired) electrons. The minimum absolute atomic E-state index is 0.0598. The first-order valence-corrected chi connectivity index (χ1v) is 17.2. The average Bonchev–Trinajstić information content (AvgIpc) is 3.09. The van der Waals surface area contributed by atoms with E-state index in [9.17, 15) is 10.1 Å². The molecule has 45 heavy (non-hydrogen) atoms. The number of hydrogen-bond acceptors (Lipinski definition) is 7. The minimum Gasteiger partial charge on any atom is -0.369 e. The molecule has 0 amide bonds. The van der Waals surface area contributed by atoms with Gasteiger partial charge in [0.05, 0.1) is 5.69 Å². The Labute approximate surface area is 272 Å². The topological polar surface area (TPSA) is 90.1 Å². The first-order valence-electron chi connectivity index (χ1n) is 17.2. The Kier molecular flexibility index (Phi) is 21.1. The maximum absolute atomic E-state index is 15.0. The Morgan fingerprint density at radius 1 is 0.933 bits per heavy atom. The van der Waals surface area contributed by atoms with E-state index < -0.39 is 5.82 Å². The molecule has 0 spiro atoms. The molecule has 1 saturated heterocycles. The molecule has 1 fully saturated rings. The van der Waals surface area contributed by atoms with E-state index in [2.05, 4.69) is 52.8 Å². The Hall–Kier alpha value is -3.51. The Morgan fingerprint density at radius 2 is 1.51 bits per heavy atom. The fraction of sp³-hybridized carbons (Fsp3) is 0.611. The quantitative estimate of drug-likeness (QED) is 0.267. The molecule has 0 atom stereocenters. The molecule has 3 heterocycles. The third-order valence-corrected chi connectivity index (χ3v) is 7.31. The highest BCUT2D eigenvalue weighted by Gasteiger charge is 2.21. The maximum Gasteiger partial charge on any atom is 0.270 e. The van der Waals surface area contributed by atoms with Gasteiger partial charge in [0.1, 0.15) is 23.1 Å². The molecule has 9 heteroatoms.